The molecular formula is C22H25ClN4O2. The van der Waals surface area contributed by atoms with Crippen molar-refractivity contribution in [2.75, 3.05) is 31.5 Å². The summed E-state index contributed by atoms with van der Waals surface area (Å²) in [7, 11) is 0. The van der Waals surface area contributed by atoms with Crippen molar-refractivity contribution in [1.29, 1.82) is 0 Å². The van der Waals surface area contributed by atoms with Gasteiger partial charge in [-0.1, -0.05) is 23.7 Å². The fourth-order valence-electron chi connectivity index (χ4n) is 3.48. The fraction of sp³-hybridized carbons (Fsp3) is 0.364. The molecule has 2 aromatic rings. The number of hydrogen-bond donors (Lipinski definition) is 1. The second kappa shape index (κ2) is 7.59. The van der Waals surface area contributed by atoms with Crippen LogP contribution in [0.2, 0.25) is 5.02 Å². The zero-order valence-electron chi connectivity index (χ0n) is 16.9. The molecule has 152 valence electrons. The molecule has 29 heavy (non-hydrogen) atoms. The molecule has 0 aliphatic carbocycles. The molecule has 1 fully saturated rings. The number of ether oxygens (including phenoxy) is 1. The number of hydrogen-bond acceptors (Lipinski definition) is 5. The molecule has 0 spiro atoms. The molecule has 0 atom stereocenters. The molecule has 2 aliphatic heterocycles. The summed E-state index contributed by atoms with van der Waals surface area (Å²) >= 11 is 6.21. The van der Waals surface area contributed by atoms with E-state index in [1.807, 2.05) is 57.2 Å². The summed E-state index contributed by atoms with van der Waals surface area (Å²) in [5.74, 6) is 0.887. The van der Waals surface area contributed by atoms with Crippen LogP contribution in [0.4, 0.5) is 21.9 Å². The lowest BCUT2D eigenvalue weighted by Crippen LogP contribution is -2.51. The fourth-order valence-corrected chi connectivity index (χ4v) is 3.64. The van der Waals surface area contributed by atoms with Crippen molar-refractivity contribution in [1.82, 2.24) is 9.80 Å². The van der Waals surface area contributed by atoms with Crippen molar-refractivity contribution in [2.45, 2.75) is 26.4 Å². The zero-order chi connectivity index (χ0) is 20.6. The predicted molar refractivity (Wildman–Crippen MR) is 117 cm³/mol. The van der Waals surface area contributed by atoms with E-state index in [4.69, 9.17) is 21.3 Å². The van der Waals surface area contributed by atoms with E-state index in [2.05, 4.69) is 16.3 Å². The van der Waals surface area contributed by atoms with Crippen molar-refractivity contribution in [3.63, 3.8) is 0 Å². The maximum atomic E-state index is 12.4. The van der Waals surface area contributed by atoms with Crippen molar-refractivity contribution in [2.24, 2.45) is 4.99 Å². The summed E-state index contributed by atoms with van der Waals surface area (Å²) in [6, 6.07) is 13.8. The molecule has 0 bridgehead atoms. The van der Waals surface area contributed by atoms with Gasteiger partial charge in [0.15, 0.2) is 0 Å². The first-order valence-electron chi connectivity index (χ1n) is 9.78. The molecule has 0 unspecified atom stereocenters. The lowest BCUT2D eigenvalue weighted by molar-refractivity contribution is 0.0187. The van der Waals surface area contributed by atoms with Gasteiger partial charge in [-0.3, -0.25) is 0 Å². The average Bonchev–Trinajstić information content (AvgIpc) is 2.83. The first kappa shape index (κ1) is 19.6. The van der Waals surface area contributed by atoms with Gasteiger partial charge in [0.1, 0.15) is 11.4 Å². The quantitative estimate of drug-likeness (QED) is 0.659. The number of anilines is 2. The SMILES string of the molecule is CC(C)(C)OC(=O)N1CCN(C2=Nc3cc(Cl)ccc3Nc3ccccc32)CC1. The van der Waals surface area contributed by atoms with Crippen LogP contribution in [0.5, 0.6) is 0 Å². The van der Waals surface area contributed by atoms with E-state index in [1.54, 1.807) is 4.90 Å². The van der Waals surface area contributed by atoms with Gasteiger partial charge in [-0.2, -0.15) is 0 Å². The van der Waals surface area contributed by atoms with Crippen LogP contribution in [0.3, 0.4) is 0 Å². The average molecular weight is 413 g/mol. The Kier molecular flexibility index (Phi) is 5.13. The monoisotopic (exact) mass is 412 g/mol. The van der Waals surface area contributed by atoms with Crippen LogP contribution in [-0.4, -0.2) is 53.5 Å². The number of nitrogens with zero attached hydrogens (tertiary/aromatic N) is 3. The van der Waals surface area contributed by atoms with Gasteiger partial charge in [0.2, 0.25) is 0 Å². The molecular weight excluding hydrogens is 388 g/mol. The topological polar surface area (TPSA) is 57.2 Å². The Morgan fingerprint density at radius 2 is 1.79 bits per heavy atom. The minimum Gasteiger partial charge on any atom is -0.444 e. The van der Waals surface area contributed by atoms with Crippen LogP contribution < -0.4 is 5.32 Å². The maximum Gasteiger partial charge on any atom is 0.410 e. The van der Waals surface area contributed by atoms with Gasteiger partial charge in [0.05, 0.1) is 11.4 Å². The highest BCUT2D eigenvalue weighted by molar-refractivity contribution is 6.31. The molecule has 0 saturated carbocycles. The molecule has 2 heterocycles. The molecule has 6 nitrogen and oxygen atoms in total. The predicted octanol–water partition coefficient (Wildman–Crippen LogP) is 5.03. The van der Waals surface area contributed by atoms with Gasteiger partial charge in [0, 0.05) is 42.5 Å². The van der Waals surface area contributed by atoms with Gasteiger partial charge in [0.25, 0.3) is 0 Å². The summed E-state index contributed by atoms with van der Waals surface area (Å²) < 4.78 is 5.51. The van der Waals surface area contributed by atoms with E-state index in [9.17, 15) is 4.79 Å². The number of rotatable bonds is 0. The molecule has 4 rings (SSSR count). The summed E-state index contributed by atoms with van der Waals surface area (Å²) in [4.78, 5) is 21.3. The number of piperazine rings is 1. The van der Waals surface area contributed by atoms with Gasteiger partial charge in [-0.05, 0) is 51.1 Å². The van der Waals surface area contributed by atoms with Gasteiger partial charge in [-0.15, -0.1) is 0 Å². The number of amides is 1. The van der Waals surface area contributed by atoms with Crippen LogP contribution in [-0.2, 0) is 4.74 Å². The number of halogens is 1. The Hall–Kier alpha value is -2.73. The normalized spacial score (nSPS) is 16.2. The van der Waals surface area contributed by atoms with Crippen molar-refractivity contribution >= 4 is 40.6 Å². The summed E-state index contributed by atoms with van der Waals surface area (Å²) in [5.41, 5.74) is 3.27. The van der Waals surface area contributed by atoms with Crippen LogP contribution >= 0.6 is 11.6 Å². The molecule has 7 heteroatoms. The Labute approximate surface area is 176 Å². The molecule has 1 amide bonds. The number of aliphatic imine (C=N–C) groups is 1. The van der Waals surface area contributed by atoms with Gasteiger partial charge in [-0.25, -0.2) is 9.79 Å². The number of fused-ring (bicyclic) bond motifs is 2. The van der Waals surface area contributed by atoms with E-state index in [0.29, 0.717) is 31.2 Å². The first-order chi connectivity index (χ1) is 13.8. The Bertz CT molecular complexity index is 960. The third-order valence-electron chi connectivity index (χ3n) is 4.85. The van der Waals surface area contributed by atoms with Gasteiger partial charge >= 0.3 is 6.09 Å². The van der Waals surface area contributed by atoms with Gasteiger partial charge < -0.3 is 19.9 Å². The summed E-state index contributed by atoms with van der Waals surface area (Å²) in [6.45, 7) is 8.19. The second-order valence-electron chi connectivity index (χ2n) is 8.22. The van der Waals surface area contributed by atoms with Crippen LogP contribution in [0, 0.1) is 0 Å². The lowest BCUT2D eigenvalue weighted by Gasteiger charge is -2.37. The number of nitrogens with one attached hydrogen (secondary N) is 1. The number of carbonyl (C=O) groups excluding carboxylic acids is 1. The molecule has 0 aromatic heterocycles. The number of para-hydroxylation sites is 1. The standard InChI is InChI=1S/C22H25ClN4O2/c1-22(2,3)29-21(28)27-12-10-26(11-13-27)20-16-6-4-5-7-17(16)24-18-9-8-15(23)14-19(18)25-20/h4-9,14,24H,10-13H2,1-3H3. The third-order valence-corrected chi connectivity index (χ3v) is 5.09. The van der Waals surface area contributed by atoms with E-state index in [1.165, 1.54) is 0 Å². The van der Waals surface area contributed by atoms with Crippen LogP contribution in [0.15, 0.2) is 47.5 Å². The Morgan fingerprint density at radius 3 is 2.52 bits per heavy atom. The number of carbonyl (C=O) groups is 1. The van der Waals surface area contributed by atoms with Crippen LogP contribution in [0.1, 0.15) is 26.3 Å². The Morgan fingerprint density at radius 1 is 1.07 bits per heavy atom. The molecule has 2 aromatic carbocycles. The number of benzene rings is 2. The second-order valence-corrected chi connectivity index (χ2v) is 8.66. The molecule has 1 saturated heterocycles. The van der Waals surface area contributed by atoms with Crippen molar-refractivity contribution in [3.8, 4) is 0 Å². The molecule has 0 radical (unpaired) electrons. The Balaban J connectivity index is 1.60. The smallest absolute Gasteiger partial charge is 0.410 e. The number of amidine groups is 1. The van der Waals surface area contributed by atoms with E-state index in [0.717, 1.165) is 28.5 Å². The van der Waals surface area contributed by atoms with Crippen molar-refractivity contribution in [3.05, 3.63) is 53.1 Å². The highest BCUT2D eigenvalue weighted by Gasteiger charge is 2.29. The lowest BCUT2D eigenvalue weighted by atomic mass is 10.1. The first-order valence-corrected chi connectivity index (χ1v) is 10.2. The van der Waals surface area contributed by atoms with E-state index in [-0.39, 0.29) is 6.09 Å². The minimum atomic E-state index is -0.493. The largest absolute Gasteiger partial charge is 0.444 e. The van der Waals surface area contributed by atoms with Crippen molar-refractivity contribution < 1.29 is 9.53 Å². The molecule has 2 aliphatic rings. The summed E-state index contributed by atoms with van der Waals surface area (Å²) in [6.07, 6.45) is -0.265. The molecule has 1 N–H and O–H groups in total. The maximum absolute atomic E-state index is 12.4. The van der Waals surface area contributed by atoms with Crippen LogP contribution in [0.25, 0.3) is 0 Å². The minimum absolute atomic E-state index is 0.265. The zero-order valence-corrected chi connectivity index (χ0v) is 17.7. The summed E-state index contributed by atoms with van der Waals surface area (Å²) in [5, 5.41) is 4.12. The highest BCUT2D eigenvalue weighted by Crippen LogP contribution is 2.36. The highest BCUT2D eigenvalue weighted by atomic mass is 35.5. The van der Waals surface area contributed by atoms with E-state index < -0.39 is 5.60 Å². The van der Waals surface area contributed by atoms with E-state index >= 15 is 0 Å². The third kappa shape index (κ3) is 4.32.